The van der Waals surface area contributed by atoms with Crippen LogP contribution in [0.4, 0.5) is 0 Å². The number of ether oxygens (including phenoxy) is 1. The quantitative estimate of drug-likeness (QED) is 0.453. The molecule has 5 nitrogen and oxygen atoms in total. The molecule has 1 saturated heterocycles. The van der Waals surface area contributed by atoms with E-state index in [-0.39, 0.29) is 0 Å². The van der Waals surface area contributed by atoms with Gasteiger partial charge in [-0.3, -0.25) is 4.99 Å². The van der Waals surface area contributed by atoms with Gasteiger partial charge < -0.3 is 19.8 Å². The van der Waals surface area contributed by atoms with E-state index in [1.165, 1.54) is 32.1 Å². The second-order valence-corrected chi connectivity index (χ2v) is 7.79. The van der Waals surface area contributed by atoms with E-state index < -0.39 is 0 Å². The van der Waals surface area contributed by atoms with Crippen LogP contribution < -0.4 is 10.6 Å². The van der Waals surface area contributed by atoms with Crippen molar-refractivity contribution in [3.63, 3.8) is 0 Å². The van der Waals surface area contributed by atoms with E-state index >= 15 is 0 Å². The minimum Gasteiger partial charge on any atom is -0.469 e. The first-order chi connectivity index (χ1) is 12.3. The van der Waals surface area contributed by atoms with Crippen molar-refractivity contribution < 1.29 is 9.15 Å². The number of hydrogen-bond acceptors (Lipinski definition) is 3. The van der Waals surface area contributed by atoms with E-state index in [1.54, 1.807) is 6.26 Å². The third-order valence-corrected chi connectivity index (χ3v) is 6.35. The van der Waals surface area contributed by atoms with E-state index in [2.05, 4.69) is 17.6 Å². The Balaban J connectivity index is 1.36. The average Bonchev–Trinajstić information content (AvgIpc) is 3.21. The summed E-state index contributed by atoms with van der Waals surface area (Å²) in [4.78, 5) is 4.82. The Morgan fingerprint density at radius 1 is 1.40 bits per heavy atom. The first kappa shape index (κ1) is 17.0. The molecule has 3 aliphatic rings. The van der Waals surface area contributed by atoms with Crippen LogP contribution in [0, 0.1) is 11.3 Å². The Hall–Kier alpha value is -1.49. The largest absolute Gasteiger partial charge is 0.469 e. The molecule has 2 aliphatic carbocycles. The van der Waals surface area contributed by atoms with Crippen LogP contribution in [0.15, 0.2) is 27.8 Å². The number of rotatable bonds is 7. The topological polar surface area (TPSA) is 58.8 Å². The van der Waals surface area contributed by atoms with E-state index in [9.17, 15) is 0 Å². The summed E-state index contributed by atoms with van der Waals surface area (Å²) in [7, 11) is 0. The summed E-state index contributed by atoms with van der Waals surface area (Å²) in [5.41, 5.74) is 0.384. The zero-order valence-corrected chi connectivity index (χ0v) is 15.3. The molecule has 3 atom stereocenters. The molecule has 138 valence electrons. The standard InChI is InChI=1S/C20H31N3O2/c1-2-3-11-21-19(22-12-7-15-6-4-13-24-15)23-17-16-8-14-25-18(16)20(17)9-5-10-20/h4,6,13,16-18H,2-3,5,7-12,14H2,1H3,(H2,21,22,23). The third kappa shape index (κ3) is 3.19. The molecule has 1 aromatic rings. The van der Waals surface area contributed by atoms with Gasteiger partial charge in [-0.1, -0.05) is 19.8 Å². The molecule has 3 unspecified atom stereocenters. The Labute approximate surface area is 150 Å². The summed E-state index contributed by atoms with van der Waals surface area (Å²) in [6.07, 6.45) is 10.6. The fraction of sp³-hybridized carbons (Fsp3) is 0.750. The maximum absolute atomic E-state index is 6.04. The lowest BCUT2D eigenvalue weighted by Crippen LogP contribution is -2.72. The van der Waals surface area contributed by atoms with Gasteiger partial charge in [0.2, 0.25) is 0 Å². The molecule has 1 aliphatic heterocycles. The summed E-state index contributed by atoms with van der Waals surface area (Å²) < 4.78 is 11.5. The lowest BCUT2D eigenvalue weighted by atomic mass is 9.46. The number of aliphatic imine (C=N–C) groups is 1. The average molecular weight is 345 g/mol. The van der Waals surface area contributed by atoms with Crippen LogP contribution in [-0.2, 0) is 11.2 Å². The maximum Gasteiger partial charge on any atom is 0.191 e. The Morgan fingerprint density at radius 3 is 3.04 bits per heavy atom. The summed E-state index contributed by atoms with van der Waals surface area (Å²) >= 11 is 0. The smallest absolute Gasteiger partial charge is 0.191 e. The minimum atomic E-state index is 0.384. The highest BCUT2D eigenvalue weighted by atomic mass is 16.5. The van der Waals surface area contributed by atoms with Crippen molar-refractivity contribution in [2.45, 2.75) is 64.0 Å². The first-order valence-corrected chi connectivity index (χ1v) is 10.0. The molecule has 1 aromatic heterocycles. The summed E-state index contributed by atoms with van der Waals surface area (Å²) in [6, 6.07) is 4.50. The molecule has 0 bridgehead atoms. The predicted molar refractivity (Wildman–Crippen MR) is 98.7 cm³/mol. The number of hydrogen-bond donors (Lipinski definition) is 2. The van der Waals surface area contributed by atoms with Crippen molar-refractivity contribution >= 4 is 5.96 Å². The number of fused-ring (bicyclic) bond motifs is 2. The molecule has 2 heterocycles. The van der Waals surface area contributed by atoms with Gasteiger partial charge in [0.1, 0.15) is 5.76 Å². The van der Waals surface area contributed by atoms with Gasteiger partial charge in [0.25, 0.3) is 0 Å². The van der Waals surface area contributed by atoms with Crippen molar-refractivity contribution in [2.24, 2.45) is 16.3 Å². The number of unbranched alkanes of at least 4 members (excludes halogenated alkanes) is 1. The lowest BCUT2D eigenvalue weighted by Gasteiger charge is -2.63. The lowest BCUT2D eigenvalue weighted by molar-refractivity contribution is -0.171. The minimum absolute atomic E-state index is 0.384. The molecule has 5 heteroatoms. The van der Waals surface area contributed by atoms with E-state index in [0.717, 1.165) is 44.3 Å². The fourth-order valence-electron chi connectivity index (χ4n) is 4.86. The molecule has 0 amide bonds. The van der Waals surface area contributed by atoms with Crippen LogP contribution in [0.3, 0.4) is 0 Å². The van der Waals surface area contributed by atoms with Crippen LogP contribution in [-0.4, -0.2) is 37.8 Å². The van der Waals surface area contributed by atoms with Crippen molar-refractivity contribution in [3.05, 3.63) is 24.2 Å². The number of furan rings is 1. The highest BCUT2D eigenvalue weighted by molar-refractivity contribution is 5.80. The molecule has 3 fully saturated rings. The van der Waals surface area contributed by atoms with Crippen molar-refractivity contribution in [1.29, 1.82) is 0 Å². The van der Waals surface area contributed by atoms with Crippen LogP contribution in [0.5, 0.6) is 0 Å². The van der Waals surface area contributed by atoms with Gasteiger partial charge in [-0.25, -0.2) is 0 Å². The van der Waals surface area contributed by atoms with Crippen LogP contribution >= 0.6 is 0 Å². The van der Waals surface area contributed by atoms with Gasteiger partial charge in [0, 0.05) is 43.5 Å². The van der Waals surface area contributed by atoms with Crippen LogP contribution in [0.2, 0.25) is 0 Å². The van der Waals surface area contributed by atoms with Crippen LogP contribution in [0.25, 0.3) is 0 Å². The zero-order chi connectivity index (χ0) is 17.1. The second-order valence-electron chi connectivity index (χ2n) is 7.79. The zero-order valence-electron chi connectivity index (χ0n) is 15.3. The SMILES string of the molecule is CCCCN=C(NCCc1ccco1)NC1C2CCOC2C12CCC2. The highest BCUT2D eigenvalue weighted by Crippen LogP contribution is 2.62. The summed E-state index contributed by atoms with van der Waals surface area (Å²) in [6.45, 7) is 4.87. The molecule has 0 radical (unpaired) electrons. The molecule has 0 aromatic carbocycles. The number of nitrogens with one attached hydrogen (secondary N) is 2. The number of nitrogens with zero attached hydrogens (tertiary/aromatic N) is 1. The Bertz CT molecular complexity index is 580. The van der Waals surface area contributed by atoms with Crippen molar-refractivity contribution in [2.75, 3.05) is 19.7 Å². The van der Waals surface area contributed by atoms with E-state index in [4.69, 9.17) is 14.1 Å². The maximum atomic E-state index is 6.04. The molecule has 2 saturated carbocycles. The van der Waals surface area contributed by atoms with Gasteiger partial charge in [0.15, 0.2) is 5.96 Å². The molecular weight excluding hydrogens is 314 g/mol. The van der Waals surface area contributed by atoms with Gasteiger partial charge in [-0.2, -0.15) is 0 Å². The summed E-state index contributed by atoms with van der Waals surface area (Å²) in [5.74, 6) is 2.66. The molecule has 25 heavy (non-hydrogen) atoms. The van der Waals surface area contributed by atoms with Crippen molar-refractivity contribution in [1.82, 2.24) is 10.6 Å². The van der Waals surface area contributed by atoms with Crippen LogP contribution in [0.1, 0.15) is 51.2 Å². The highest BCUT2D eigenvalue weighted by Gasteiger charge is 2.66. The van der Waals surface area contributed by atoms with E-state index in [0.29, 0.717) is 23.5 Å². The van der Waals surface area contributed by atoms with E-state index in [1.807, 2.05) is 12.1 Å². The molecular formula is C20H31N3O2. The Morgan fingerprint density at radius 2 is 2.32 bits per heavy atom. The third-order valence-electron chi connectivity index (χ3n) is 6.35. The Kier molecular flexibility index (Phi) is 5.02. The monoisotopic (exact) mass is 345 g/mol. The predicted octanol–water partition coefficient (Wildman–Crippen LogP) is 3.12. The normalized spacial score (nSPS) is 29.8. The number of guanidine groups is 1. The molecule has 4 rings (SSSR count). The molecule has 1 spiro atoms. The fourth-order valence-corrected chi connectivity index (χ4v) is 4.86. The van der Waals surface area contributed by atoms with Gasteiger partial charge >= 0.3 is 0 Å². The van der Waals surface area contributed by atoms with Gasteiger partial charge in [-0.05, 0) is 37.8 Å². The summed E-state index contributed by atoms with van der Waals surface area (Å²) in [5, 5.41) is 7.30. The first-order valence-electron chi connectivity index (χ1n) is 10.0. The van der Waals surface area contributed by atoms with Gasteiger partial charge in [-0.15, -0.1) is 0 Å². The molecule has 2 N–H and O–H groups in total. The van der Waals surface area contributed by atoms with Crippen molar-refractivity contribution in [3.8, 4) is 0 Å². The van der Waals surface area contributed by atoms with Gasteiger partial charge in [0.05, 0.1) is 12.4 Å². The second kappa shape index (κ2) is 7.40.